The Morgan fingerprint density at radius 3 is 2.46 bits per heavy atom. The Morgan fingerprint density at radius 2 is 1.79 bits per heavy atom. The molecule has 28 heavy (non-hydrogen) atoms. The molecule has 0 aliphatic heterocycles. The highest BCUT2D eigenvalue weighted by molar-refractivity contribution is 5.76. The molecule has 0 aliphatic carbocycles. The number of benzene rings is 1. The largest absolute Gasteiger partial charge is 0.460 e. The molecule has 6 heteroatoms. The van der Waals surface area contributed by atoms with E-state index in [4.69, 9.17) is 4.42 Å². The molecule has 4 aromatic rings. The van der Waals surface area contributed by atoms with E-state index in [2.05, 4.69) is 9.97 Å². The molecule has 142 valence electrons. The Kier molecular flexibility index (Phi) is 4.69. The maximum atomic E-state index is 12.3. The van der Waals surface area contributed by atoms with Gasteiger partial charge >= 0.3 is 5.69 Å². The smallest absolute Gasteiger partial charge is 0.348 e. The molecular formula is C22H22N4O2. The molecule has 3 heterocycles. The number of hydrogen-bond donors (Lipinski definition) is 0. The molecule has 0 bridgehead atoms. The quantitative estimate of drug-likeness (QED) is 0.530. The molecule has 0 saturated heterocycles. The Hall–Kier alpha value is -3.41. The van der Waals surface area contributed by atoms with Crippen LogP contribution in [0.4, 0.5) is 0 Å². The molecule has 0 spiro atoms. The highest BCUT2D eigenvalue weighted by atomic mass is 16.3. The molecule has 0 N–H and O–H groups in total. The van der Waals surface area contributed by atoms with Crippen molar-refractivity contribution >= 4 is 0 Å². The van der Waals surface area contributed by atoms with Crippen LogP contribution >= 0.6 is 0 Å². The fraction of sp³-hybridized carbons (Fsp3) is 0.227. The highest BCUT2D eigenvalue weighted by Gasteiger charge is 2.18. The summed E-state index contributed by atoms with van der Waals surface area (Å²) in [5, 5.41) is 0. The van der Waals surface area contributed by atoms with Crippen LogP contribution in [0.2, 0.25) is 0 Å². The minimum absolute atomic E-state index is 0.226. The van der Waals surface area contributed by atoms with Crippen molar-refractivity contribution in [3.05, 3.63) is 82.5 Å². The highest BCUT2D eigenvalue weighted by Crippen LogP contribution is 2.32. The molecule has 6 nitrogen and oxygen atoms in total. The third-order valence-electron chi connectivity index (χ3n) is 4.77. The van der Waals surface area contributed by atoms with Gasteiger partial charge in [0.25, 0.3) is 0 Å². The number of imidazole rings is 1. The number of furan rings is 1. The van der Waals surface area contributed by atoms with Gasteiger partial charge in [0.15, 0.2) is 5.76 Å². The molecular weight excluding hydrogens is 352 g/mol. The van der Waals surface area contributed by atoms with E-state index in [1.807, 2.05) is 73.9 Å². The van der Waals surface area contributed by atoms with Gasteiger partial charge in [-0.2, -0.15) is 4.98 Å². The molecule has 3 aromatic heterocycles. The molecule has 0 atom stereocenters. The summed E-state index contributed by atoms with van der Waals surface area (Å²) in [6.07, 6.45) is 1.80. The standard InChI is InChI=1S/C22H22N4O2/c1-15-13-16(2)26(22(27)24-15)12-11-25-14-23-20(18-7-5-4-6-8-18)21(25)19-10-9-17(3)28-19/h4-10,13-14H,11-12H2,1-3H3. The first-order valence-electron chi connectivity index (χ1n) is 9.25. The Morgan fingerprint density at radius 1 is 1.00 bits per heavy atom. The predicted octanol–water partition coefficient (Wildman–Crippen LogP) is 3.99. The van der Waals surface area contributed by atoms with Crippen molar-refractivity contribution in [3.63, 3.8) is 0 Å². The monoisotopic (exact) mass is 374 g/mol. The third kappa shape index (κ3) is 3.41. The average molecular weight is 374 g/mol. The van der Waals surface area contributed by atoms with E-state index in [-0.39, 0.29) is 5.69 Å². The normalized spacial score (nSPS) is 11.1. The zero-order valence-electron chi connectivity index (χ0n) is 16.2. The number of hydrogen-bond acceptors (Lipinski definition) is 4. The lowest BCUT2D eigenvalue weighted by molar-refractivity contribution is 0.522. The van der Waals surface area contributed by atoms with Crippen LogP contribution in [0.1, 0.15) is 17.1 Å². The van der Waals surface area contributed by atoms with Crippen molar-refractivity contribution in [1.29, 1.82) is 0 Å². The van der Waals surface area contributed by atoms with Crippen molar-refractivity contribution < 1.29 is 4.42 Å². The van der Waals surface area contributed by atoms with E-state index in [1.165, 1.54) is 0 Å². The minimum atomic E-state index is -0.226. The molecule has 0 unspecified atom stereocenters. The zero-order valence-corrected chi connectivity index (χ0v) is 16.2. The maximum Gasteiger partial charge on any atom is 0.348 e. The van der Waals surface area contributed by atoms with Crippen LogP contribution in [0.25, 0.3) is 22.7 Å². The van der Waals surface area contributed by atoms with Gasteiger partial charge in [-0.3, -0.25) is 4.57 Å². The number of nitrogens with zero attached hydrogens (tertiary/aromatic N) is 4. The van der Waals surface area contributed by atoms with Gasteiger partial charge < -0.3 is 8.98 Å². The van der Waals surface area contributed by atoms with Gasteiger partial charge in [0.2, 0.25) is 0 Å². The molecule has 0 amide bonds. The summed E-state index contributed by atoms with van der Waals surface area (Å²) in [5.74, 6) is 1.61. The Balaban J connectivity index is 1.74. The third-order valence-corrected chi connectivity index (χ3v) is 4.77. The molecule has 0 aliphatic rings. The van der Waals surface area contributed by atoms with Crippen LogP contribution in [-0.4, -0.2) is 19.1 Å². The number of aromatic nitrogens is 4. The van der Waals surface area contributed by atoms with E-state index in [0.717, 1.165) is 39.9 Å². The van der Waals surface area contributed by atoms with Crippen molar-refractivity contribution in [3.8, 4) is 22.7 Å². The van der Waals surface area contributed by atoms with Crippen LogP contribution in [0, 0.1) is 20.8 Å². The summed E-state index contributed by atoms with van der Waals surface area (Å²) < 4.78 is 9.63. The first kappa shape index (κ1) is 18.0. The van der Waals surface area contributed by atoms with Gasteiger partial charge in [0.05, 0.1) is 12.0 Å². The summed E-state index contributed by atoms with van der Waals surface area (Å²) in [7, 11) is 0. The minimum Gasteiger partial charge on any atom is -0.460 e. The van der Waals surface area contributed by atoms with Gasteiger partial charge in [-0.1, -0.05) is 30.3 Å². The van der Waals surface area contributed by atoms with Crippen molar-refractivity contribution in [2.24, 2.45) is 0 Å². The Labute approximate surface area is 163 Å². The SMILES string of the molecule is Cc1cc(C)n(CCn2cnc(-c3ccccc3)c2-c2ccc(C)o2)c(=O)n1. The summed E-state index contributed by atoms with van der Waals surface area (Å²) in [4.78, 5) is 21.0. The van der Waals surface area contributed by atoms with Gasteiger partial charge in [-0.15, -0.1) is 0 Å². The predicted molar refractivity (Wildman–Crippen MR) is 108 cm³/mol. The van der Waals surface area contributed by atoms with E-state index in [1.54, 1.807) is 10.9 Å². The van der Waals surface area contributed by atoms with Gasteiger partial charge in [-0.25, -0.2) is 9.78 Å². The van der Waals surface area contributed by atoms with Crippen LogP contribution in [0.3, 0.4) is 0 Å². The topological polar surface area (TPSA) is 65.8 Å². The lowest BCUT2D eigenvalue weighted by Crippen LogP contribution is -2.27. The van der Waals surface area contributed by atoms with Crippen LogP contribution in [0.15, 0.2) is 64.1 Å². The summed E-state index contributed by atoms with van der Waals surface area (Å²) in [5.41, 5.74) is 4.20. The summed E-state index contributed by atoms with van der Waals surface area (Å²) >= 11 is 0. The zero-order chi connectivity index (χ0) is 19.7. The maximum absolute atomic E-state index is 12.3. The second-order valence-electron chi connectivity index (χ2n) is 6.88. The van der Waals surface area contributed by atoms with Gasteiger partial charge in [0.1, 0.15) is 11.5 Å². The fourth-order valence-corrected chi connectivity index (χ4v) is 3.43. The fourth-order valence-electron chi connectivity index (χ4n) is 3.43. The van der Waals surface area contributed by atoms with Crippen LogP contribution in [-0.2, 0) is 13.1 Å². The number of aryl methyl sites for hydroxylation is 4. The lowest BCUT2D eigenvalue weighted by atomic mass is 10.1. The molecule has 0 radical (unpaired) electrons. The first-order chi connectivity index (χ1) is 13.5. The number of rotatable bonds is 5. The van der Waals surface area contributed by atoms with Crippen LogP contribution < -0.4 is 5.69 Å². The lowest BCUT2D eigenvalue weighted by Gasteiger charge is -2.12. The van der Waals surface area contributed by atoms with Crippen molar-refractivity contribution in [1.82, 2.24) is 19.1 Å². The van der Waals surface area contributed by atoms with E-state index < -0.39 is 0 Å². The van der Waals surface area contributed by atoms with Crippen molar-refractivity contribution in [2.45, 2.75) is 33.9 Å². The first-order valence-corrected chi connectivity index (χ1v) is 9.25. The molecule has 0 fully saturated rings. The van der Waals surface area contributed by atoms with E-state index >= 15 is 0 Å². The van der Waals surface area contributed by atoms with Gasteiger partial charge in [-0.05, 0) is 39.0 Å². The van der Waals surface area contributed by atoms with Gasteiger partial charge in [0, 0.05) is 30.0 Å². The molecule has 0 saturated carbocycles. The second-order valence-corrected chi connectivity index (χ2v) is 6.88. The van der Waals surface area contributed by atoms with E-state index in [0.29, 0.717) is 13.1 Å². The van der Waals surface area contributed by atoms with Crippen LogP contribution in [0.5, 0.6) is 0 Å². The van der Waals surface area contributed by atoms with E-state index in [9.17, 15) is 4.79 Å². The van der Waals surface area contributed by atoms with Crippen molar-refractivity contribution in [2.75, 3.05) is 0 Å². The summed E-state index contributed by atoms with van der Waals surface area (Å²) in [6.45, 7) is 6.77. The molecule has 4 rings (SSSR count). The molecule has 1 aromatic carbocycles. The second kappa shape index (κ2) is 7.31. The average Bonchev–Trinajstić information content (AvgIpc) is 3.27. The summed E-state index contributed by atoms with van der Waals surface area (Å²) in [6, 6.07) is 15.9. The Bertz CT molecular complexity index is 1170.